The number of aromatic nitrogens is 2. The predicted molar refractivity (Wildman–Crippen MR) is 85.0 cm³/mol. The van der Waals surface area contributed by atoms with Crippen LogP contribution in [0.4, 0.5) is 5.82 Å². The summed E-state index contributed by atoms with van der Waals surface area (Å²) < 4.78 is 28.1. The number of anilines is 1. The SMILES string of the molecule is COC(=O)c1c(C)nc(S(C)(=O)=O)nc1NCc1ccccc1. The van der Waals surface area contributed by atoms with E-state index in [0.29, 0.717) is 6.54 Å². The molecule has 0 atom stereocenters. The van der Waals surface area contributed by atoms with Crippen molar-refractivity contribution >= 4 is 21.6 Å². The van der Waals surface area contributed by atoms with Crippen LogP contribution >= 0.6 is 0 Å². The topological polar surface area (TPSA) is 98.2 Å². The van der Waals surface area contributed by atoms with E-state index in [2.05, 4.69) is 15.3 Å². The predicted octanol–water partition coefficient (Wildman–Crippen LogP) is 1.59. The van der Waals surface area contributed by atoms with E-state index in [1.807, 2.05) is 30.3 Å². The summed E-state index contributed by atoms with van der Waals surface area (Å²) in [6.07, 6.45) is 1.01. The largest absolute Gasteiger partial charge is 0.465 e. The Morgan fingerprint density at radius 1 is 1.22 bits per heavy atom. The van der Waals surface area contributed by atoms with Gasteiger partial charge in [0.25, 0.3) is 0 Å². The molecule has 2 aromatic rings. The van der Waals surface area contributed by atoms with Crippen molar-refractivity contribution in [3.05, 3.63) is 47.2 Å². The fraction of sp³-hybridized carbons (Fsp3) is 0.267. The van der Waals surface area contributed by atoms with Crippen LogP contribution in [0.15, 0.2) is 35.5 Å². The van der Waals surface area contributed by atoms with E-state index in [4.69, 9.17) is 4.74 Å². The third-order valence-electron chi connectivity index (χ3n) is 3.09. The lowest BCUT2D eigenvalue weighted by molar-refractivity contribution is 0.0599. The minimum absolute atomic E-state index is 0.121. The molecule has 0 fully saturated rings. The van der Waals surface area contributed by atoms with E-state index in [0.717, 1.165) is 11.8 Å². The summed E-state index contributed by atoms with van der Waals surface area (Å²) in [5, 5.41) is 2.65. The maximum Gasteiger partial charge on any atom is 0.343 e. The molecule has 7 nitrogen and oxygen atoms in total. The summed E-state index contributed by atoms with van der Waals surface area (Å²) in [6.45, 7) is 1.92. The Balaban J connectivity index is 2.45. The van der Waals surface area contributed by atoms with Gasteiger partial charge in [0, 0.05) is 12.8 Å². The highest BCUT2D eigenvalue weighted by Crippen LogP contribution is 2.20. The number of hydrogen-bond acceptors (Lipinski definition) is 7. The number of carbonyl (C=O) groups is 1. The minimum atomic E-state index is -3.59. The molecule has 0 bridgehead atoms. The molecule has 1 aromatic heterocycles. The Kier molecular flexibility index (Phi) is 4.95. The molecular formula is C15H17N3O4S. The van der Waals surface area contributed by atoms with Gasteiger partial charge in [0.15, 0.2) is 0 Å². The van der Waals surface area contributed by atoms with Gasteiger partial charge < -0.3 is 10.1 Å². The minimum Gasteiger partial charge on any atom is -0.465 e. The van der Waals surface area contributed by atoms with Gasteiger partial charge in [-0.1, -0.05) is 30.3 Å². The summed E-state index contributed by atoms with van der Waals surface area (Å²) in [5.41, 5.74) is 1.32. The maximum atomic E-state index is 11.9. The zero-order valence-electron chi connectivity index (χ0n) is 13.0. The van der Waals surface area contributed by atoms with Gasteiger partial charge in [-0.3, -0.25) is 0 Å². The van der Waals surface area contributed by atoms with Crippen molar-refractivity contribution in [1.82, 2.24) is 9.97 Å². The normalized spacial score (nSPS) is 11.1. The zero-order chi connectivity index (χ0) is 17.0. The highest BCUT2D eigenvalue weighted by molar-refractivity contribution is 7.90. The Morgan fingerprint density at radius 3 is 2.43 bits per heavy atom. The van der Waals surface area contributed by atoms with E-state index in [9.17, 15) is 13.2 Å². The number of methoxy groups -OCH3 is 1. The second-order valence-corrected chi connectivity index (χ2v) is 6.83. The lowest BCUT2D eigenvalue weighted by Crippen LogP contribution is -2.16. The number of ether oxygens (including phenoxy) is 1. The summed E-state index contributed by atoms with van der Waals surface area (Å²) in [6, 6.07) is 9.45. The third kappa shape index (κ3) is 4.04. The van der Waals surface area contributed by atoms with Crippen molar-refractivity contribution in [2.45, 2.75) is 18.6 Å². The van der Waals surface area contributed by atoms with E-state index in [1.165, 1.54) is 14.0 Å². The number of rotatable bonds is 5. The number of carbonyl (C=O) groups excluding carboxylic acids is 1. The standard InChI is InChI=1S/C15H17N3O4S/c1-10-12(14(19)22-2)13(18-15(17-10)23(3,20)21)16-9-11-7-5-4-6-8-11/h4-8H,9H2,1-3H3,(H,16,17,18). The number of nitrogens with one attached hydrogen (secondary N) is 1. The summed E-state index contributed by atoms with van der Waals surface area (Å²) in [7, 11) is -2.35. The van der Waals surface area contributed by atoms with Gasteiger partial charge in [0.05, 0.1) is 12.8 Å². The Labute approximate surface area is 134 Å². The van der Waals surface area contributed by atoms with Crippen molar-refractivity contribution in [3.8, 4) is 0 Å². The van der Waals surface area contributed by atoms with Gasteiger partial charge in [0.1, 0.15) is 11.4 Å². The smallest absolute Gasteiger partial charge is 0.343 e. The molecule has 1 N–H and O–H groups in total. The number of sulfone groups is 1. The molecule has 2 rings (SSSR count). The maximum absolute atomic E-state index is 11.9. The number of nitrogens with zero attached hydrogens (tertiary/aromatic N) is 2. The first-order valence-corrected chi connectivity index (χ1v) is 8.67. The Hall–Kier alpha value is -2.48. The molecule has 0 aliphatic heterocycles. The van der Waals surface area contributed by atoms with E-state index in [-0.39, 0.29) is 22.2 Å². The molecule has 1 aromatic carbocycles. The molecule has 0 aliphatic carbocycles. The number of esters is 1. The van der Waals surface area contributed by atoms with E-state index < -0.39 is 15.8 Å². The summed E-state index contributed by atoms with van der Waals surface area (Å²) >= 11 is 0. The Bertz CT molecular complexity index is 820. The molecule has 23 heavy (non-hydrogen) atoms. The van der Waals surface area contributed by atoms with Crippen LogP contribution in [0.25, 0.3) is 0 Å². The highest BCUT2D eigenvalue weighted by atomic mass is 32.2. The first kappa shape index (κ1) is 16.9. The van der Waals surface area contributed by atoms with Crippen LogP contribution in [-0.2, 0) is 21.1 Å². The Morgan fingerprint density at radius 2 is 1.87 bits per heavy atom. The molecule has 8 heteroatoms. The number of hydrogen-bond donors (Lipinski definition) is 1. The molecule has 1 heterocycles. The lowest BCUT2D eigenvalue weighted by atomic mass is 10.2. The first-order chi connectivity index (χ1) is 10.8. The average Bonchev–Trinajstić information content (AvgIpc) is 2.52. The number of benzene rings is 1. The number of aryl methyl sites for hydroxylation is 1. The molecule has 0 unspecified atom stereocenters. The van der Waals surface area contributed by atoms with Crippen molar-refractivity contribution in [1.29, 1.82) is 0 Å². The second kappa shape index (κ2) is 6.74. The fourth-order valence-electron chi connectivity index (χ4n) is 1.97. The van der Waals surface area contributed by atoms with Crippen molar-refractivity contribution < 1.29 is 17.9 Å². The second-order valence-electron chi connectivity index (χ2n) is 4.92. The van der Waals surface area contributed by atoms with Crippen molar-refractivity contribution in [2.75, 3.05) is 18.7 Å². The van der Waals surface area contributed by atoms with Crippen LogP contribution in [0.5, 0.6) is 0 Å². The average molecular weight is 335 g/mol. The molecule has 0 radical (unpaired) electrons. The van der Waals surface area contributed by atoms with Crippen LogP contribution in [0.3, 0.4) is 0 Å². The van der Waals surface area contributed by atoms with Gasteiger partial charge in [-0.25, -0.2) is 23.2 Å². The van der Waals surface area contributed by atoms with Crippen molar-refractivity contribution in [3.63, 3.8) is 0 Å². The summed E-state index contributed by atoms with van der Waals surface area (Å²) in [4.78, 5) is 19.8. The highest BCUT2D eigenvalue weighted by Gasteiger charge is 2.22. The molecule has 0 amide bonds. The zero-order valence-corrected chi connectivity index (χ0v) is 13.8. The molecule has 0 aliphatic rings. The van der Waals surface area contributed by atoms with Gasteiger partial charge >= 0.3 is 5.97 Å². The molecule has 0 saturated heterocycles. The summed E-state index contributed by atoms with van der Waals surface area (Å²) in [5.74, 6) is -0.494. The van der Waals surface area contributed by atoms with Crippen LogP contribution < -0.4 is 5.32 Å². The van der Waals surface area contributed by atoms with E-state index in [1.54, 1.807) is 0 Å². The van der Waals surface area contributed by atoms with E-state index >= 15 is 0 Å². The fourth-order valence-corrected chi connectivity index (χ4v) is 2.53. The first-order valence-electron chi connectivity index (χ1n) is 6.77. The van der Waals surface area contributed by atoms with Crippen LogP contribution in [0.1, 0.15) is 21.6 Å². The lowest BCUT2D eigenvalue weighted by Gasteiger charge is -2.13. The quantitative estimate of drug-likeness (QED) is 0.654. The monoisotopic (exact) mass is 335 g/mol. The van der Waals surface area contributed by atoms with Crippen LogP contribution in [0, 0.1) is 6.92 Å². The van der Waals surface area contributed by atoms with Gasteiger partial charge in [0.2, 0.25) is 15.0 Å². The molecular weight excluding hydrogens is 318 g/mol. The van der Waals surface area contributed by atoms with Gasteiger partial charge in [-0.05, 0) is 12.5 Å². The van der Waals surface area contributed by atoms with Crippen LogP contribution in [-0.4, -0.2) is 37.7 Å². The molecule has 0 saturated carbocycles. The van der Waals surface area contributed by atoms with Crippen molar-refractivity contribution in [2.24, 2.45) is 0 Å². The van der Waals surface area contributed by atoms with Gasteiger partial charge in [-0.2, -0.15) is 0 Å². The molecule has 0 spiro atoms. The third-order valence-corrected chi connectivity index (χ3v) is 3.94. The molecule has 122 valence electrons. The van der Waals surface area contributed by atoms with Gasteiger partial charge in [-0.15, -0.1) is 0 Å². The van der Waals surface area contributed by atoms with Crippen LogP contribution in [0.2, 0.25) is 0 Å².